The minimum Gasteiger partial charge on any atom is -0.350 e. The van der Waals surface area contributed by atoms with Crippen LogP contribution in [0.3, 0.4) is 0 Å². The Balaban J connectivity index is 1.64. The third kappa shape index (κ3) is 3.91. The number of rotatable bonds is 4. The van der Waals surface area contributed by atoms with Crippen molar-refractivity contribution in [1.29, 1.82) is 0 Å². The van der Waals surface area contributed by atoms with Crippen molar-refractivity contribution in [3.05, 3.63) is 35.4 Å². The SMILES string of the molecule is Cc1ccc(CN2C(=O)CCC2C(=O)NC2CCCNC2)cc1. The zero-order valence-corrected chi connectivity index (χ0v) is 13.7. The van der Waals surface area contributed by atoms with Crippen LogP contribution in [-0.4, -0.2) is 41.9 Å². The van der Waals surface area contributed by atoms with Crippen LogP contribution in [0.5, 0.6) is 0 Å². The summed E-state index contributed by atoms with van der Waals surface area (Å²) in [5, 5.41) is 6.41. The molecule has 3 rings (SSSR count). The van der Waals surface area contributed by atoms with E-state index in [9.17, 15) is 9.59 Å². The smallest absolute Gasteiger partial charge is 0.243 e. The number of benzene rings is 1. The lowest BCUT2D eigenvalue weighted by Crippen LogP contribution is -2.51. The van der Waals surface area contributed by atoms with Crippen molar-refractivity contribution >= 4 is 11.8 Å². The summed E-state index contributed by atoms with van der Waals surface area (Å²) in [7, 11) is 0. The fourth-order valence-corrected chi connectivity index (χ4v) is 3.37. The van der Waals surface area contributed by atoms with E-state index < -0.39 is 0 Å². The summed E-state index contributed by atoms with van der Waals surface area (Å²) in [6, 6.07) is 8.00. The number of piperidine rings is 1. The molecule has 2 amide bonds. The van der Waals surface area contributed by atoms with E-state index in [-0.39, 0.29) is 23.9 Å². The highest BCUT2D eigenvalue weighted by Gasteiger charge is 2.36. The normalized spacial score (nSPS) is 24.7. The number of carbonyl (C=O) groups excluding carboxylic acids is 2. The number of nitrogens with zero attached hydrogens (tertiary/aromatic N) is 1. The third-order valence-electron chi connectivity index (χ3n) is 4.75. The molecule has 2 atom stereocenters. The number of carbonyl (C=O) groups is 2. The van der Waals surface area contributed by atoms with Gasteiger partial charge >= 0.3 is 0 Å². The summed E-state index contributed by atoms with van der Waals surface area (Å²) in [6.45, 7) is 4.40. The zero-order valence-electron chi connectivity index (χ0n) is 13.7. The first-order chi connectivity index (χ1) is 11.1. The molecule has 0 aromatic heterocycles. The monoisotopic (exact) mass is 315 g/mol. The molecule has 0 radical (unpaired) electrons. The molecule has 1 aromatic rings. The van der Waals surface area contributed by atoms with Crippen LogP contribution >= 0.6 is 0 Å². The Kier molecular flexibility index (Phi) is 4.96. The van der Waals surface area contributed by atoms with E-state index in [1.54, 1.807) is 4.90 Å². The molecule has 2 heterocycles. The molecule has 2 unspecified atom stereocenters. The van der Waals surface area contributed by atoms with Gasteiger partial charge in [0.1, 0.15) is 6.04 Å². The van der Waals surface area contributed by atoms with Crippen LogP contribution in [0.25, 0.3) is 0 Å². The molecular formula is C18H25N3O2. The summed E-state index contributed by atoms with van der Waals surface area (Å²) in [5.74, 6) is 0.0733. The first-order valence-corrected chi connectivity index (χ1v) is 8.49. The zero-order chi connectivity index (χ0) is 16.2. The molecule has 0 saturated carbocycles. The van der Waals surface area contributed by atoms with Gasteiger partial charge in [0.2, 0.25) is 11.8 Å². The van der Waals surface area contributed by atoms with Gasteiger partial charge in [-0.3, -0.25) is 9.59 Å². The number of hydrogen-bond donors (Lipinski definition) is 2. The second-order valence-electron chi connectivity index (χ2n) is 6.61. The Bertz CT molecular complexity index is 564. The number of hydrogen-bond acceptors (Lipinski definition) is 3. The van der Waals surface area contributed by atoms with Crippen molar-refractivity contribution in [3.8, 4) is 0 Å². The minimum absolute atomic E-state index is 0.00309. The average Bonchev–Trinajstić information content (AvgIpc) is 2.92. The van der Waals surface area contributed by atoms with Gasteiger partial charge in [-0.2, -0.15) is 0 Å². The fraction of sp³-hybridized carbons (Fsp3) is 0.556. The van der Waals surface area contributed by atoms with Crippen LogP contribution in [0, 0.1) is 6.92 Å². The number of amides is 2. The molecule has 124 valence electrons. The topological polar surface area (TPSA) is 61.4 Å². The Labute approximate surface area is 137 Å². The molecule has 23 heavy (non-hydrogen) atoms. The fourth-order valence-electron chi connectivity index (χ4n) is 3.37. The number of aryl methyl sites for hydroxylation is 1. The average molecular weight is 315 g/mol. The molecule has 2 N–H and O–H groups in total. The van der Waals surface area contributed by atoms with Crippen molar-refractivity contribution < 1.29 is 9.59 Å². The lowest BCUT2D eigenvalue weighted by molar-refractivity contribution is -0.136. The van der Waals surface area contributed by atoms with Crippen LogP contribution in [0.1, 0.15) is 36.8 Å². The molecule has 0 aliphatic carbocycles. The van der Waals surface area contributed by atoms with Gasteiger partial charge in [0.15, 0.2) is 0 Å². The first kappa shape index (κ1) is 16.0. The van der Waals surface area contributed by atoms with Gasteiger partial charge in [-0.05, 0) is 38.3 Å². The van der Waals surface area contributed by atoms with E-state index >= 15 is 0 Å². The van der Waals surface area contributed by atoms with Crippen LogP contribution in [0.15, 0.2) is 24.3 Å². The lowest BCUT2D eigenvalue weighted by atomic mass is 10.1. The summed E-state index contributed by atoms with van der Waals surface area (Å²) in [4.78, 5) is 26.5. The summed E-state index contributed by atoms with van der Waals surface area (Å²) < 4.78 is 0. The van der Waals surface area contributed by atoms with Gasteiger partial charge in [-0.1, -0.05) is 29.8 Å². The Hall–Kier alpha value is -1.88. The van der Waals surface area contributed by atoms with Gasteiger partial charge in [0.05, 0.1) is 0 Å². The number of nitrogens with one attached hydrogen (secondary N) is 2. The molecule has 5 nitrogen and oxygen atoms in total. The standard InChI is InChI=1S/C18H25N3O2/c1-13-4-6-14(7-5-13)12-21-16(8-9-17(21)22)18(23)20-15-3-2-10-19-11-15/h4-7,15-16,19H,2-3,8-12H2,1H3,(H,20,23). The van der Waals surface area contributed by atoms with E-state index in [4.69, 9.17) is 0 Å². The second-order valence-corrected chi connectivity index (χ2v) is 6.61. The third-order valence-corrected chi connectivity index (χ3v) is 4.75. The Morgan fingerprint density at radius 3 is 2.78 bits per heavy atom. The van der Waals surface area contributed by atoms with Crippen LogP contribution in [0.4, 0.5) is 0 Å². The van der Waals surface area contributed by atoms with Crippen molar-refractivity contribution in [1.82, 2.24) is 15.5 Å². The van der Waals surface area contributed by atoms with Crippen molar-refractivity contribution in [2.24, 2.45) is 0 Å². The van der Waals surface area contributed by atoms with E-state index in [1.807, 2.05) is 31.2 Å². The highest BCUT2D eigenvalue weighted by atomic mass is 16.2. The van der Waals surface area contributed by atoms with Crippen molar-refractivity contribution in [2.75, 3.05) is 13.1 Å². The summed E-state index contributed by atoms with van der Waals surface area (Å²) >= 11 is 0. The lowest BCUT2D eigenvalue weighted by Gasteiger charge is -2.28. The van der Waals surface area contributed by atoms with Crippen molar-refractivity contribution in [2.45, 2.75) is 51.2 Å². The van der Waals surface area contributed by atoms with Gasteiger partial charge in [0, 0.05) is 25.6 Å². The molecule has 1 aromatic carbocycles. The number of likely N-dealkylation sites (tertiary alicyclic amines) is 1. The maximum Gasteiger partial charge on any atom is 0.243 e. The minimum atomic E-state index is -0.328. The first-order valence-electron chi connectivity index (χ1n) is 8.49. The summed E-state index contributed by atoms with van der Waals surface area (Å²) in [5.41, 5.74) is 2.27. The van der Waals surface area contributed by atoms with Crippen LogP contribution in [0.2, 0.25) is 0 Å². The molecular weight excluding hydrogens is 290 g/mol. The van der Waals surface area contributed by atoms with Crippen LogP contribution in [-0.2, 0) is 16.1 Å². The molecule has 0 spiro atoms. The van der Waals surface area contributed by atoms with E-state index in [0.717, 1.165) is 31.5 Å². The maximum absolute atomic E-state index is 12.6. The predicted octanol–water partition coefficient (Wildman–Crippen LogP) is 1.35. The Morgan fingerprint density at radius 1 is 1.30 bits per heavy atom. The largest absolute Gasteiger partial charge is 0.350 e. The van der Waals surface area contributed by atoms with E-state index in [1.165, 1.54) is 5.56 Å². The van der Waals surface area contributed by atoms with Gasteiger partial charge in [0.25, 0.3) is 0 Å². The highest BCUT2D eigenvalue weighted by Crippen LogP contribution is 2.22. The van der Waals surface area contributed by atoms with Crippen LogP contribution < -0.4 is 10.6 Å². The molecule has 5 heteroatoms. The molecule has 2 aliphatic rings. The maximum atomic E-state index is 12.6. The molecule has 2 fully saturated rings. The van der Waals surface area contributed by atoms with Gasteiger partial charge < -0.3 is 15.5 Å². The summed E-state index contributed by atoms with van der Waals surface area (Å²) in [6.07, 6.45) is 3.18. The van der Waals surface area contributed by atoms with E-state index in [0.29, 0.717) is 19.4 Å². The molecule has 2 saturated heterocycles. The highest BCUT2D eigenvalue weighted by molar-refractivity contribution is 5.91. The predicted molar refractivity (Wildman–Crippen MR) is 88.8 cm³/mol. The van der Waals surface area contributed by atoms with Crippen molar-refractivity contribution in [3.63, 3.8) is 0 Å². The quantitative estimate of drug-likeness (QED) is 0.882. The van der Waals surface area contributed by atoms with E-state index in [2.05, 4.69) is 10.6 Å². The molecule has 0 bridgehead atoms. The van der Waals surface area contributed by atoms with Gasteiger partial charge in [-0.15, -0.1) is 0 Å². The second kappa shape index (κ2) is 7.13. The molecule has 2 aliphatic heterocycles. The Morgan fingerprint density at radius 2 is 2.09 bits per heavy atom. The van der Waals surface area contributed by atoms with Gasteiger partial charge in [-0.25, -0.2) is 0 Å².